The smallest absolute Gasteiger partial charge is 0.220 e. The molecular weight excluding hydrogens is 260 g/mol. The van der Waals surface area contributed by atoms with E-state index in [4.69, 9.17) is 0 Å². The number of piperidine rings is 1. The molecule has 1 fully saturated rings. The summed E-state index contributed by atoms with van der Waals surface area (Å²) in [6.07, 6.45) is 4.23. The molecule has 0 bridgehead atoms. The van der Waals surface area contributed by atoms with Crippen LogP contribution in [0.3, 0.4) is 0 Å². The number of nitrogens with one attached hydrogen (secondary N) is 2. The topological polar surface area (TPSA) is 41.1 Å². The average molecular weight is 288 g/mol. The van der Waals surface area contributed by atoms with Crippen LogP contribution in [0.15, 0.2) is 24.3 Å². The second kappa shape index (κ2) is 8.18. The summed E-state index contributed by atoms with van der Waals surface area (Å²) >= 11 is 0. The fourth-order valence-corrected chi connectivity index (χ4v) is 3.19. The van der Waals surface area contributed by atoms with Gasteiger partial charge in [-0.25, -0.2) is 0 Å². The Morgan fingerprint density at radius 1 is 1.43 bits per heavy atom. The van der Waals surface area contributed by atoms with Crippen molar-refractivity contribution in [2.45, 2.75) is 45.4 Å². The molecule has 2 rings (SSSR count). The van der Waals surface area contributed by atoms with Gasteiger partial charge in [0, 0.05) is 13.0 Å². The van der Waals surface area contributed by atoms with E-state index < -0.39 is 0 Å². The minimum atomic E-state index is 0.175. The fourth-order valence-electron chi connectivity index (χ4n) is 3.19. The summed E-state index contributed by atoms with van der Waals surface area (Å²) in [4.78, 5) is 12.1. The van der Waals surface area contributed by atoms with Crippen LogP contribution in [0.25, 0.3) is 0 Å². The van der Waals surface area contributed by atoms with E-state index in [-0.39, 0.29) is 11.8 Å². The van der Waals surface area contributed by atoms with Gasteiger partial charge in [0.1, 0.15) is 0 Å². The largest absolute Gasteiger partial charge is 0.356 e. The van der Waals surface area contributed by atoms with Gasteiger partial charge in [-0.3, -0.25) is 4.79 Å². The van der Waals surface area contributed by atoms with Gasteiger partial charge in [0.2, 0.25) is 5.91 Å². The van der Waals surface area contributed by atoms with E-state index in [1.54, 1.807) is 0 Å². The summed E-state index contributed by atoms with van der Waals surface area (Å²) in [7, 11) is 0. The molecule has 0 spiro atoms. The first-order chi connectivity index (χ1) is 10.2. The molecule has 2 N–H and O–H groups in total. The normalized spacial score (nSPS) is 20.0. The predicted octanol–water partition coefficient (Wildman–Crippen LogP) is 2.99. The van der Waals surface area contributed by atoms with E-state index >= 15 is 0 Å². The van der Waals surface area contributed by atoms with Crippen molar-refractivity contribution < 1.29 is 4.79 Å². The molecule has 0 saturated carbocycles. The molecule has 1 amide bonds. The minimum Gasteiger partial charge on any atom is -0.356 e. The Morgan fingerprint density at radius 2 is 2.24 bits per heavy atom. The lowest BCUT2D eigenvalue weighted by atomic mass is 9.93. The Balaban J connectivity index is 1.70. The third kappa shape index (κ3) is 5.16. The van der Waals surface area contributed by atoms with Gasteiger partial charge in [0.05, 0.1) is 0 Å². The molecule has 21 heavy (non-hydrogen) atoms. The lowest BCUT2D eigenvalue weighted by Crippen LogP contribution is -2.33. The zero-order valence-electron chi connectivity index (χ0n) is 13.3. The average Bonchev–Trinajstić information content (AvgIpc) is 2.48. The molecule has 1 saturated heterocycles. The third-order valence-electron chi connectivity index (χ3n) is 4.48. The van der Waals surface area contributed by atoms with E-state index in [1.807, 2.05) is 12.1 Å². The van der Waals surface area contributed by atoms with Crippen LogP contribution >= 0.6 is 0 Å². The Morgan fingerprint density at radius 3 is 2.95 bits per heavy atom. The van der Waals surface area contributed by atoms with Crippen molar-refractivity contribution in [1.82, 2.24) is 10.6 Å². The Hall–Kier alpha value is -1.35. The first kappa shape index (κ1) is 16.0. The highest BCUT2D eigenvalue weighted by Crippen LogP contribution is 2.22. The number of aryl methyl sites for hydroxylation is 1. The minimum absolute atomic E-state index is 0.175. The zero-order chi connectivity index (χ0) is 15.1. The highest BCUT2D eigenvalue weighted by atomic mass is 16.1. The molecule has 2 atom stereocenters. The summed E-state index contributed by atoms with van der Waals surface area (Å²) in [6, 6.07) is 8.33. The number of hydrogen-bond donors (Lipinski definition) is 2. The standard InChI is InChI=1S/C18H28N2O/c1-14-6-3-4-8-17(14)15(2)12-18(21)20-11-9-16-7-5-10-19-13-16/h3-4,6,8,15-16,19H,5,7,9-13H2,1-2H3,(H,20,21). The SMILES string of the molecule is Cc1ccccc1C(C)CC(=O)NCCC1CCCNC1. The van der Waals surface area contributed by atoms with Crippen LogP contribution < -0.4 is 10.6 Å². The molecule has 1 aromatic rings. The van der Waals surface area contributed by atoms with Gasteiger partial charge < -0.3 is 10.6 Å². The molecule has 3 heteroatoms. The molecule has 3 nitrogen and oxygen atoms in total. The molecule has 1 aliphatic rings. The van der Waals surface area contributed by atoms with Crippen molar-refractivity contribution in [3.63, 3.8) is 0 Å². The van der Waals surface area contributed by atoms with Crippen molar-refractivity contribution in [2.24, 2.45) is 5.92 Å². The van der Waals surface area contributed by atoms with E-state index in [9.17, 15) is 4.79 Å². The third-order valence-corrected chi connectivity index (χ3v) is 4.48. The molecule has 116 valence electrons. The second-order valence-electron chi connectivity index (χ2n) is 6.31. The van der Waals surface area contributed by atoms with E-state index in [0.29, 0.717) is 6.42 Å². The molecule has 0 radical (unpaired) electrons. The second-order valence-corrected chi connectivity index (χ2v) is 6.31. The first-order valence-electron chi connectivity index (χ1n) is 8.19. The lowest BCUT2D eigenvalue weighted by molar-refractivity contribution is -0.121. The first-order valence-corrected chi connectivity index (χ1v) is 8.19. The summed E-state index contributed by atoms with van der Waals surface area (Å²) in [5, 5.41) is 6.50. The van der Waals surface area contributed by atoms with Crippen molar-refractivity contribution in [2.75, 3.05) is 19.6 Å². The molecule has 2 unspecified atom stereocenters. The number of rotatable bonds is 6. The molecule has 0 aromatic heterocycles. The van der Waals surface area contributed by atoms with Crippen LogP contribution in [0.4, 0.5) is 0 Å². The van der Waals surface area contributed by atoms with Gasteiger partial charge in [0.25, 0.3) is 0 Å². The van der Waals surface area contributed by atoms with Crippen molar-refractivity contribution >= 4 is 5.91 Å². The summed E-state index contributed by atoms with van der Waals surface area (Å²) in [5.74, 6) is 1.19. The van der Waals surface area contributed by atoms with Crippen LogP contribution in [0, 0.1) is 12.8 Å². The summed E-state index contributed by atoms with van der Waals surface area (Å²) in [6.45, 7) is 7.31. The summed E-state index contributed by atoms with van der Waals surface area (Å²) in [5.41, 5.74) is 2.55. The molecule has 1 heterocycles. The molecular formula is C18H28N2O. The van der Waals surface area contributed by atoms with Crippen LogP contribution in [0.1, 0.15) is 49.7 Å². The summed E-state index contributed by atoms with van der Waals surface area (Å²) < 4.78 is 0. The molecule has 1 aliphatic heterocycles. The maximum Gasteiger partial charge on any atom is 0.220 e. The van der Waals surface area contributed by atoms with Crippen LogP contribution in [0.2, 0.25) is 0 Å². The number of amides is 1. The Kier molecular flexibility index (Phi) is 6.24. The van der Waals surface area contributed by atoms with Crippen molar-refractivity contribution in [1.29, 1.82) is 0 Å². The maximum absolute atomic E-state index is 12.1. The van der Waals surface area contributed by atoms with Crippen molar-refractivity contribution in [3.8, 4) is 0 Å². The van der Waals surface area contributed by atoms with Crippen LogP contribution in [0.5, 0.6) is 0 Å². The van der Waals surface area contributed by atoms with Gasteiger partial charge in [-0.2, -0.15) is 0 Å². The van der Waals surface area contributed by atoms with Gasteiger partial charge in [-0.15, -0.1) is 0 Å². The Labute approximate surface area is 128 Å². The number of carbonyl (C=O) groups excluding carboxylic acids is 1. The molecule has 0 aliphatic carbocycles. The highest BCUT2D eigenvalue weighted by Gasteiger charge is 2.15. The predicted molar refractivity (Wildman–Crippen MR) is 87.4 cm³/mol. The molecule has 1 aromatic carbocycles. The quantitative estimate of drug-likeness (QED) is 0.845. The maximum atomic E-state index is 12.1. The zero-order valence-corrected chi connectivity index (χ0v) is 13.3. The fraction of sp³-hybridized carbons (Fsp3) is 0.611. The Bertz CT molecular complexity index is 452. The highest BCUT2D eigenvalue weighted by molar-refractivity contribution is 5.76. The number of benzene rings is 1. The van der Waals surface area contributed by atoms with Crippen molar-refractivity contribution in [3.05, 3.63) is 35.4 Å². The van der Waals surface area contributed by atoms with E-state index in [0.717, 1.165) is 32.0 Å². The van der Waals surface area contributed by atoms with Gasteiger partial charge in [-0.05, 0) is 62.2 Å². The lowest BCUT2D eigenvalue weighted by Gasteiger charge is -2.22. The number of carbonyl (C=O) groups is 1. The van der Waals surface area contributed by atoms with E-state index in [1.165, 1.54) is 24.0 Å². The van der Waals surface area contributed by atoms with Gasteiger partial charge in [0.15, 0.2) is 0 Å². The van der Waals surface area contributed by atoms with Gasteiger partial charge >= 0.3 is 0 Å². The van der Waals surface area contributed by atoms with Gasteiger partial charge in [-0.1, -0.05) is 31.2 Å². The number of hydrogen-bond acceptors (Lipinski definition) is 2. The monoisotopic (exact) mass is 288 g/mol. The van der Waals surface area contributed by atoms with Crippen LogP contribution in [-0.4, -0.2) is 25.5 Å². The van der Waals surface area contributed by atoms with E-state index in [2.05, 4.69) is 36.6 Å². The van der Waals surface area contributed by atoms with Crippen LogP contribution in [-0.2, 0) is 4.79 Å².